The lowest BCUT2D eigenvalue weighted by Crippen LogP contribution is -2.33. The molecule has 7 aromatic carbocycles. The molecule has 0 bridgehead atoms. The Morgan fingerprint density at radius 1 is 0.513 bits per heavy atom. The zero-order valence-corrected chi connectivity index (χ0v) is 46.2. The number of fused-ring (bicyclic) bond motifs is 4. The van der Waals surface area contributed by atoms with Crippen LogP contribution in [0, 0.1) is 6.92 Å². The number of rotatable bonds is 14. The van der Waals surface area contributed by atoms with Crippen molar-refractivity contribution < 1.29 is 43.6 Å². The summed E-state index contributed by atoms with van der Waals surface area (Å²) in [4.78, 5) is 2.92. The van der Waals surface area contributed by atoms with Gasteiger partial charge < -0.3 is 19.5 Å². The van der Waals surface area contributed by atoms with Gasteiger partial charge in [-0.05, 0) is 143 Å². The number of aromatic nitrogens is 4. The van der Waals surface area contributed by atoms with Crippen molar-refractivity contribution in [1.29, 1.82) is 0 Å². The van der Waals surface area contributed by atoms with Gasteiger partial charge in [0.2, 0.25) is 19.7 Å². The molecule has 3 aliphatic heterocycles. The normalized spacial score (nSPS) is 15.2. The molecule has 0 amide bonds. The Morgan fingerprint density at radius 3 is 1.50 bits per heavy atom. The van der Waals surface area contributed by atoms with Crippen LogP contribution in [0.5, 0.6) is 11.5 Å². The molecule has 0 saturated carbocycles. The highest BCUT2D eigenvalue weighted by atomic mass is 32.2. The van der Waals surface area contributed by atoms with Crippen molar-refractivity contribution in [2.45, 2.75) is 83.0 Å². The second kappa shape index (κ2) is 26.3. The number of nitrogens with zero attached hydrogens (tertiary/aromatic N) is 3. The summed E-state index contributed by atoms with van der Waals surface area (Å²) in [7, 11) is -11.6. The lowest BCUT2D eigenvalue weighted by molar-refractivity contribution is 0.183. The smallest absolute Gasteiger partial charge is 0.297 e. The summed E-state index contributed by atoms with van der Waals surface area (Å²) >= 11 is 0. The third kappa shape index (κ3) is 13.9. The first-order valence-corrected chi connectivity index (χ1v) is 30.9. The van der Waals surface area contributed by atoms with Crippen LogP contribution in [0.25, 0.3) is 43.4 Å². The predicted octanol–water partition coefficient (Wildman–Crippen LogP) is 10.6. The molecule has 2 aromatic heterocycles. The molecule has 0 aliphatic carbocycles. The van der Waals surface area contributed by atoms with Gasteiger partial charge in [-0.25, -0.2) is 16.8 Å². The fraction of sp³-hybridized carbons (Fsp3) is 0.322. The lowest BCUT2D eigenvalue weighted by Gasteiger charge is -2.26. The molecule has 0 atom stereocenters. The Labute approximate surface area is 456 Å². The maximum absolute atomic E-state index is 13.6. The van der Waals surface area contributed by atoms with E-state index in [2.05, 4.69) is 30.6 Å². The number of hydrogen-bond donors (Lipinski definition) is 3. The molecule has 3 N–H and O–H groups in total. The SMILES string of the molecule is C1CCNCC1.C1CCOC1.Cc1ccc(S(=O)(=O)OCCOc2ccc3n[nH]c(S(=O)(=O)c4cccc5ccccc45)c3c2)cc1.O=S(=O)(c1cccc2ccccc12)c1[nH]nc2ccc(OCCN3CCCCC3)cc12. The zero-order chi connectivity index (χ0) is 54.4. The van der Waals surface area contributed by atoms with Gasteiger partial charge in [0.15, 0.2) is 10.1 Å². The quantitative estimate of drug-likeness (QED) is 0.0683. The highest BCUT2D eigenvalue weighted by Gasteiger charge is 2.27. The molecule has 78 heavy (non-hydrogen) atoms. The molecule has 3 fully saturated rings. The number of hydrogen-bond acceptors (Lipinski definition) is 14. The first kappa shape index (κ1) is 56.0. The largest absolute Gasteiger partial charge is 0.492 e. The van der Waals surface area contributed by atoms with E-state index in [-0.39, 0.29) is 38.0 Å². The lowest BCUT2D eigenvalue weighted by atomic mass is 10.1. The number of H-pyrrole nitrogens is 2. The molecule has 3 aliphatic rings. The Bertz CT molecular complexity index is 3750. The standard InChI is InChI=1S/C26H22N2O6S2.C24H25N3O3S.C5H11N.C4H8O/c1-18-9-12-21(13-10-18)36(31,32)34-16-15-33-20-11-14-24-23(17-20)26(28-27-24)35(29,30)25-8-4-6-19-5-2-3-7-22(19)25;28-31(29,23-10-6-8-18-7-2-3-9-20(18)23)24-21-17-19(11-12-22(21)25-26-24)30-16-15-27-13-4-1-5-14-27;1-2-4-6-5-3-1;1-2-4-5-3-1/h2-14,17H,15-16H2,1H3,(H,27,28);2-3,6-12,17H,1,4-5,13-16H2,(H,25,26);6H,1-5H2;1-4H2. The van der Waals surface area contributed by atoms with Crippen LogP contribution in [0.1, 0.15) is 56.9 Å². The van der Waals surface area contributed by atoms with Crippen LogP contribution in [-0.4, -0.2) is 116 Å². The molecule has 16 nitrogen and oxygen atoms in total. The summed E-state index contributed by atoms with van der Waals surface area (Å²) in [6.45, 7) is 9.80. The number of ether oxygens (including phenoxy) is 3. The van der Waals surface area contributed by atoms with Crippen molar-refractivity contribution in [3.63, 3.8) is 0 Å². The molecule has 410 valence electrons. The number of likely N-dealkylation sites (tertiary alicyclic amines) is 1. The molecule has 3 saturated heterocycles. The van der Waals surface area contributed by atoms with Crippen LogP contribution in [0.15, 0.2) is 170 Å². The maximum atomic E-state index is 13.6. The average molecular weight is 1120 g/mol. The molecule has 9 aromatic rings. The summed E-state index contributed by atoms with van der Waals surface area (Å²) in [5.74, 6) is 1.01. The van der Waals surface area contributed by atoms with E-state index in [1.807, 2.05) is 61.5 Å². The van der Waals surface area contributed by atoms with Crippen LogP contribution in [-0.2, 0) is 38.7 Å². The number of benzene rings is 7. The van der Waals surface area contributed by atoms with Gasteiger partial charge in [-0.2, -0.15) is 18.6 Å². The fourth-order valence-electron chi connectivity index (χ4n) is 9.46. The molecule has 0 unspecified atom stereocenters. The average Bonchev–Trinajstić information content (AvgIpc) is 4.38. The Balaban J connectivity index is 0.000000159. The Hall–Kier alpha value is -6.71. The predicted molar refractivity (Wildman–Crippen MR) is 303 cm³/mol. The molecular weight excluding hydrogens is 1050 g/mol. The summed E-state index contributed by atoms with van der Waals surface area (Å²) < 4.78 is 100. The fourth-order valence-corrected chi connectivity index (χ4v) is 13.5. The van der Waals surface area contributed by atoms with Crippen molar-refractivity contribution in [1.82, 2.24) is 30.6 Å². The number of aromatic amines is 2. The van der Waals surface area contributed by atoms with Gasteiger partial charge >= 0.3 is 0 Å². The number of nitrogens with one attached hydrogen (secondary N) is 3. The van der Waals surface area contributed by atoms with E-state index in [0.717, 1.165) is 49.2 Å². The minimum atomic E-state index is -3.92. The van der Waals surface area contributed by atoms with E-state index in [9.17, 15) is 25.3 Å². The first-order valence-electron chi connectivity index (χ1n) is 26.5. The Kier molecular flexibility index (Phi) is 18.9. The van der Waals surface area contributed by atoms with Crippen molar-refractivity contribution in [2.24, 2.45) is 0 Å². The van der Waals surface area contributed by atoms with Gasteiger partial charge in [-0.1, -0.05) is 103 Å². The van der Waals surface area contributed by atoms with Gasteiger partial charge in [0.25, 0.3) is 10.1 Å². The molecule has 0 spiro atoms. The summed E-state index contributed by atoms with van der Waals surface area (Å²) in [6, 6.07) is 41.8. The maximum Gasteiger partial charge on any atom is 0.297 e. The van der Waals surface area contributed by atoms with E-state index in [1.165, 1.54) is 76.6 Å². The minimum Gasteiger partial charge on any atom is -0.492 e. The van der Waals surface area contributed by atoms with Crippen LogP contribution in [0.4, 0.5) is 0 Å². The minimum absolute atomic E-state index is 0.0440. The monoisotopic (exact) mass is 1110 g/mol. The zero-order valence-electron chi connectivity index (χ0n) is 43.7. The van der Waals surface area contributed by atoms with Gasteiger partial charge in [0.1, 0.15) is 31.3 Å². The highest BCUT2D eigenvalue weighted by molar-refractivity contribution is 7.92. The van der Waals surface area contributed by atoms with Crippen molar-refractivity contribution in [3.05, 3.63) is 151 Å². The molecule has 0 radical (unpaired) electrons. The van der Waals surface area contributed by atoms with Gasteiger partial charge in [0, 0.05) is 41.3 Å². The second-order valence-corrected chi connectivity index (χ2v) is 24.6. The van der Waals surface area contributed by atoms with E-state index in [1.54, 1.807) is 78.9 Å². The van der Waals surface area contributed by atoms with E-state index >= 15 is 0 Å². The number of piperidine rings is 2. The summed E-state index contributed by atoms with van der Waals surface area (Å²) in [6.07, 6.45) is 10.6. The molecular formula is C59H66N6O10S3. The van der Waals surface area contributed by atoms with Crippen LogP contribution in [0.3, 0.4) is 0 Å². The third-order valence-corrected chi connectivity index (χ3v) is 18.6. The second-order valence-electron chi connectivity index (χ2n) is 19.2. The van der Waals surface area contributed by atoms with Gasteiger partial charge in [-0.15, -0.1) is 0 Å². The van der Waals surface area contributed by atoms with Gasteiger partial charge in [-0.3, -0.25) is 19.3 Å². The Morgan fingerprint density at radius 2 is 1.01 bits per heavy atom. The third-order valence-electron chi connectivity index (χ3n) is 13.7. The van der Waals surface area contributed by atoms with Gasteiger partial charge in [0.05, 0.1) is 25.7 Å². The van der Waals surface area contributed by atoms with Crippen molar-refractivity contribution in [3.8, 4) is 11.5 Å². The molecule has 5 heterocycles. The van der Waals surface area contributed by atoms with Crippen LogP contribution < -0.4 is 14.8 Å². The van der Waals surface area contributed by atoms with Crippen LogP contribution >= 0.6 is 0 Å². The molecule has 19 heteroatoms. The summed E-state index contributed by atoms with van der Waals surface area (Å²) in [5.41, 5.74) is 2.00. The topological polar surface area (TPSA) is 212 Å². The van der Waals surface area contributed by atoms with Crippen molar-refractivity contribution in [2.75, 3.05) is 65.8 Å². The number of aryl methyl sites for hydroxylation is 1. The molecule has 12 rings (SSSR count). The van der Waals surface area contributed by atoms with Crippen LogP contribution in [0.2, 0.25) is 0 Å². The van der Waals surface area contributed by atoms with Crippen molar-refractivity contribution >= 4 is 73.1 Å². The van der Waals surface area contributed by atoms with E-state index in [0.29, 0.717) is 50.7 Å². The van der Waals surface area contributed by atoms with E-state index < -0.39 is 29.8 Å². The first-order chi connectivity index (χ1) is 37.9. The highest BCUT2D eigenvalue weighted by Crippen LogP contribution is 2.34. The van der Waals surface area contributed by atoms with E-state index in [4.69, 9.17) is 18.4 Å². The number of sulfone groups is 2. The summed E-state index contributed by atoms with van der Waals surface area (Å²) in [5, 5.41) is 21.0.